The van der Waals surface area contributed by atoms with Crippen LogP contribution in [0.4, 0.5) is 0 Å². The molecule has 0 N–H and O–H groups in total. The molecule has 2 aliphatic rings. The second kappa shape index (κ2) is 8.99. The Bertz CT molecular complexity index is 520. The van der Waals surface area contributed by atoms with Crippen molar-refractivity contribution in [3.63, 3.8) is 0 Å². The largest absolute Gasteiger partial charge is 0.497 e. The highest BCUT2D eigenvalue weighted by molar-refractivity contribution is 5.27. The summed E-state index contributed by atoms with van der Waals surface area (Å²) in [7, 11) is 5.87. The number of fused-ring (bicyclic) bond motifs is 1. The molecule has 0 spiro atoms. The number of nitrogens with zero attached hydrogens (tertiary/aromatic N) is 2. The van der Waals surface area contributed by atoms with Crippen LogP contribution in [0.25, 0.3) is 0 Å². The Morgan fingerprint density at radius 3 is 2.72 bits per heavy atom. The van der Waals surface area contributed by atoms with Crippen LogP contribution in [0.1, 0.15) is 18.4 Å². The Hall–Kier alpha value is -1.14. The Balaban J connectivity index is 1.52. The molecule has 5 nitrogen and oxygen atoms in total. The van der Waals surface area contributed by atoms with E-state index in [2.05, 4.69) is 36.0 Å². The third kappa shape index (κ3) is 4.94. The van der Waals surface area contributed by atoms with Gasteiger partial charge in [0.1, 0.15) is 5.75 Å². The first-order valence-corrected chi connectivity index (χ1v) is 9.38. The summed E-state index contributed by atoms with van der Waals surface area (Å²) in [6.45, 7) is 5.43. The van der Waals surface area contributed by atoms with Crippen LogP contribution in [-0.4, -0.2) is 76.1 Å². The van der Waals surface area contributed by atoms with Gasteiger partial charge in [-0.25, -0.2) is 0 Å². The lowest BCUT2D eigenvalue weighted by Gasteiger charge is -2.39. The van der Waals surface area contributed by atoms with Gasteiger partial charge in [-0.1, -0.05) is 12.1 Å². The first kappa shape index (κ1) is 18.6. The van der Waals surface area contributed by atoms with Crippen LogP contribution < -0.4 is 4.74 Å². The molecule has 1 aromatic rings. The summed E-state index contributed by atoms with van der Waals surface area (Å²) in [6.07, 6.45) is 2.74. The van der Waals surface area contributed by atoms with E-state index in [0.717, 1.165) is 45.2 Å². The fourth-order valence-electron chi connectivity index (χ4n) is 3.96. The molecule has 1 heterocycles. The van der Waals surface area contributed by atoms with Crippen LogP contribution in [-0.2, 0) is 16.0 Å². The Labute approximate surface area is 151 Å². The quantitative estimate of drug-likeness (QED) is 0.673. The smallest absolute Gasteiger partial charge is 0.118 e. The monoisotopic (exact) mass is 348 g/mol. The number of hydrogen-bond acceptors (Lipinski definition) is 5. The van der Waals surface area contributed by atoms with Crippen molar-refractivity contribution in [3.8, 4) is 5.75 Å². The summed E-state index contributed by atoms with van der Waals surface area (Å²) in [4.78, 5) is 4.75. The van der Waals surface area contributed by atoms with Crippen molar-refractivity contribution < 1.29 is 14.2 Å². The number of methoxy groups -OCH3 is 1. The van der Waals surface area contributed by atoms with Crippen molar-refractivity contribution in [2.75, 3.05) is 54.1 Å². The molecule has 1 aliphatic heterocycles. The minimum Gasteiger partial charge on any atom is -0.497 e. The highest BCUT2D eigenvalue weighted by atomic mass is 16.5. The Morgan fingerprint density at radius 2 is 2.00 bits per heavy atom. The number of likely N-dealkylation sites (N-methyl/N-ethyl adjacent to an activating group) is 1. The van der Waals surface area contributed by atoms with E-state index in [9.17, 15) is 0 Å². The predicted molar refractivity (Wildman–Crippen MR) is 99.0 cm³/mol. The summed E-state index contributed by atoms with van der Waals surface area (Å²) < 4.78 is 17.3. The zero-order valence-electron chi connectivity index (χ0n) is 15.8. The molecular formula is C20H32N2O3. The molecule has 3 rings (SSSR count). The molecule has 1 saturated heterocycles. The molecule has 140 valence electrons. The van der Waals surface area contributed by atoms with Crippen molar-refractivity contribution in [1.29, 1.82) is 0 Å². The van der Waals surface area contributed by atoms with E-state index >= 15 is 0 Å². The van der Waals surface area contributed by atoms with E-state index in [0.29, 0.717) is 18.1 Å². The molecule has 25 heavy (non-hydrogen) atoms. The number of benzene rings is 1. The Kier molecular flexibility index (Phi) is 6.70. The van der Waals surface area contributed by atoms with Crippen molar-refractivity contribution in [3.05, 3.63) is 29.8 Å². The van der Waals surface area contributed by atoms with Gasteiger partial charge in [-0.3, -0.25) is 4.90 Å². The van der Waals surface area contributed by atoms with E-state index in [4.69, 9.17) is 14.2 Å². The summed E-state index contributed by atoms with van der Waals surface area (Å²) in [5.74, 6) is 1.45. The van der Waals surface area contributed by atoms with Crippen LogP contribution in [0.2, 0.25) is 0 Å². The van der Waals surface area contributed by atoms with E-state index in [1.165, 1.54) is 18.4 Å². The van der Waals surface area contributed by atoms with Crippen LogP contribution in [0.15, 0.2) is 24.3 Å². The van der Waals surface area contributed by atoms with E-state index in [1.807, 2.05) is 12.1 Å². The van der Waals surface area contributed by atoms with Gasteiger partial charge in [0.05, 0.1) is 33.0 Å². The lowest BCUT2D eigenvalue weighted by atomic mass is 10.0. The maximum Gasteiger partial charge on any atom is 0.118 e. The second-order valence-corrected chi connectivity index (χ2v) is 7.44. The molecule has 0 radical (unpaired) electrons. The molecule has 2 fully saturated rings. The van der Waals surface area contributed by atoms with Gasteiger partial charge in [0, 0.05) is 31.6 Å². The molecule has 0 amide bonds. The summed E-state index contributed by atoms with van der Waals surface area (Å²) in [5, 5.41) is 0. The van der Waals surface area contributed by atoms with Gasteiger partial charge in [0.2, 0.25) is 0 Å². The second-order valence-electron chi connectivity index (χ2n) is 7.44. The number of rotatable bonds is 8. The summed E-state index contributed by atoms with van der Waals surface area (Å²) in [6, 6.07) is 8.95. The van der Waals surface area contributed by atoms with Crippen molar-refractivity contribution in [2.24, 2.45) is 5.92 Å². The maximum absolute atomic E-state index is 6.15. The van der Waals surface area contributed by atoms with E-state index in [-0.39, 0.29) is 0 Å². The van der Waals surface area contributed by atoms with Gasteiger partial charge >= 0.3 is 0 Å². The lowest BCUT2D eigenvalue weighted by molar-refractivity contribution is -0.0883. The zero-order chi connectivity index (χ0) is 17.6. The van der Waals surface area contributed by atoms with E-state index in [1.54, 1.807) is 7.11 Å². The molecule has 0 bridgehead atoms. The van der Waals surface area contributed by atoms with Crippen molar-refractivity contribution in [1.82, 2.24) is 9.80 Å². The van der Waals surface area contributed by atoms with Gasteiger partial charge in [-0.05, 0) is 44.6 Å². The number of morpholine rings is 1. The topological polar surface area (TPSA) is 34.2 Å². The fraction of sp³-hybridized carbons (Fsp3) is 0.700. The predicted octanol–water partition coefficient (Wildman–Crippen LogP) is 2.25. The lowest BCUT2D eigenvalue weighted by Crippen LogP contribution is -2.50. The third-order valence-electron chi connectivity index (χ3n) is 5.39. The van der Waals surface area contributed by atoms with Crippen LogP contribution in [0, 0.1) is 5.92 Å². The highest BCUT2D eigenvalue weighted by Gasteiger charge is 2.42. The molecule has 1 aromatic carbocycles. The molecule has 0 unspecified atom stereocenters. The van der Waals surface area contributed by atoms with Gasteiger partial charge < -0.3 is 19.1 Å². The molecule has 0 aromatic heterocycles. The van der Waals surface area contributed by atoms with Gasteiger partial charge in [0.25, 0.3) is 0 Å². The SMILES string of the molecule is COc1ccc(CN2CCO[C@@H]3[C@@H](COCCN(C)C)CC[C@H]32)cc1. The maximum atomic E-state index is 6.15. The average molecular weight is 348 g/mol. The van der Waals surface area contributed by atoms with Gasteiger partial charge in [-0.2, -0.15) is 0 Å². The van der Waals surface area contributed by atoms with Gasteiger partial charge in [-0.15, -0.1) is 0 Å². The molecule has 3 atom stereocenters. The first-order chi connectivity index (χ1) is 12.2. The molecule has 5 heteroatoms. The third-order valence-corrected chi connectivity index (χ3v) is 5.39. The average Bonchev–Trinajstić information content (AvgIpc) is 3.03. The fourth-order valence-corrected chi connectivity index (χ4v) is 3.96. The van der Waals surface area contributed by atoms with Gasteiger partial charge in [0.15, 0.2) is 0 Å². The molecular weight excluding hydrogens is 316 g/mol. The number of ether oxygens (including phenoxy) is 3. The molecule has 1 aliphatic carbocycles. The minimum atomic E-state index is 0.325. The first-order valence-electron chi connectivity index (χ1n) is 9.38. The normalized spacial score (nSPS) is 26.8. The van der Waals surface area contributed by atoms with Crippen LogP contribution >= 0.6 is 0 Å². The van der Waals surface area contributed by atoms with E-state index < -0.39 is 0 Å². The Morgan fingerprint density at radius 1 is 1.20 bits per heavy atom. The van der Waals surface area contributed by atoms with Crippen LogP contribution in [0.5, 0.6) is 5.75 Å². The minimum absolute atomic E-state index is 0.325. The number of hydrogen-bond donors (Lipinski definition) is 0. The highest BCUT2D eigenvalue weighted by Crippen LogP contribution is 2.35. The van der Waals surface area contributed by atoms with Crippen molar-refractivity contribution >= 4 is 0 Å². The summed E-state index contributed by atoms with van der Waals surface area (Å²) in [5.41, 5.74) is 1.34. The van der Waals surface area contributed by atoms with Crippen molar-refractivity contribution in [2.45, 2.75) is 31.5 Å². The molecule has 1 saturated carbocycles. The van der Waals surface area contributed by atoms with Crippen LogP contribution in [0.3, 0.4) is 0 Å². The summed E-state index contributed by atoms with van der Waals surface area (Å²) >= 11 is 0. The zero-order valence-corrected chi connectivity index (χ0v) is 15.8. The standard InChI is InChI=1S/C20H32N2O3/c1-21(2)10-12-24-15-17-6-9-19-20(17)25-13-11-22(19)14-16-4-7-18(23-3)8-5-16/h4-5,7-8,17,19-20H,6,9-15H2,1-3H3/t17-,19-,20-/m1/s1.